The average Bonchev–Trinajstić information content (AvgIpc) is 3.32. The average molecular weight is 309 g/mol. The molecule has 4 heteroatoms. The second-order valence-electron chi connectivity index (χ2n) is 6.39. The molecule has 4 rings (SSSR count). The zero-order valence-corrected chi connectivity index (χ0v) is 12.9. The molecule has 2 aromatic rings. The molecule has 1 saturated heterocycles. The van der Waals surface area contributed by atoms with Gasteiger partial charge in [0.25, 0.3) is 5.91 Å². The number of ketones is 1. The first-order valence-corrected chi connectivity index (χ1v) is 8.19. The number of furan rings is 1. The molecular formula is C19H19NO3. The van der Waals surface area contributed by atoms with Gasteiger partial charge in [0.2, 0.25) is 0 Å². The molecule has 4 nitrogen and oxygen atoms in total. The summed E-state index contributed by atoms with van der Waals surface area (Å²) < 4.78 is 5.55. The minimum atomic E-state index is -0.174. The fourth-order valence-electron chi connectivity index (χ4n) is 3.36. The number of piperidine rings is 1. The Balaban J connectivity index is 1.66. The van der Waals surface area contributed by atoms with Crippen LogP contribution in [0.15, 0.2) is 47.1 Å². The van der Waals surface area contributed by atoms with Crippen molar-refractivity contribution in [1.29, 1.82) is 0 Å². The van der Waals surface area contributed by atoms with Gasteiger partial charge < -0.3 is 9.32 Å². The van der Waals surface area contributed by atoms with Crippen LogP contribution in [-0.4, -0.2) is 23.1 Å². The first-order valence-electron chi connectivity index (χ1n) is 8.19. The largest absolute Gasteiger partial charge is 0.468 e. The summed E-state index contributed by atoms with van der Waals surface area (Å²) in [5, 5.41) is 0. The number of carbonyl (C=O) groups excluding carboxylic acids is 2. The summed E-state index contributed by atoms with van der Waals surface area (Å²) in [7, 11) is 0. The van der Waals surface area contributed by atoms with Crippen LogP contribution < -0.4 is 0 Å². The lowest BCUT2D eigenvalue weighted by atomic mass is 9.93. The topological polar surface area (TPSA) is 50.5 Å². The summed E-state index contributed by atoms with van der Waals surface area (Å²) in [4.78, 5) is 26.8. The number of nitrogens with zero attached hydrogens (tertiary/aromatic N) is 1. The lowest BCUT2D eigenvalue weighted by Crippen LogP contribution is -2.41. The third-order valence-electron chi connectivity index (χ3n) is 4.75. The molecule has 1 atom stereocenters. The Kier molecular flexibility index (Phi) is 3.52. The highest BCUT2D eigenvalue weighted by Gasteiger charge is 2.36. The number of rotatable bonds is 3. The van der Waals surface area contributed by atoms with Gasteiger partial charge in [0.15, 0.2) is 0 Å². The maximum Gasteiger partial charge on any atom is 0.257 e. The summed E-state index contributed by atoms with van der Waals surface area (Å²) >= 11 is 0. The van der Waals surface area contributed by atoms with Crippen LogP contribution >= 0.6 is 0 Å². The Morgan fingerprint density at radius 1 is 1.13 bits per heavy atom. The van der Waals surface area contributed by atoms with E-state index in [0.29, 0.717) is 30.9 Å². The molecule has 23 heavy (non-hydrogen) atoms. The van der Waals surface area contributed by atoms with E-state index in [2.05, 4.69) is 0 Å². The van der Waals surface area contributed by atoms with Crippen LogP contribution in [-0.2, 0) is 4.79 Å². The first-order chi connectivity index (χ1) is 11.2. The minimum Gasteiger partial charge on any atom is -0.468 e. The summed E-state index contributed by atoms with van der Waals surface area (Å²) in [6.07, 6.45) is 4.62. The van der Waals surface area contributed by atoms with Crippen LogP contribution in [0.2, 0.25) is 0 Å². The lowest BCUT2D eigenvalue weighted by Gasteiger charge is -2.35. The van der Waals surface area contributed by atoms with Crippen LogP contribution in [0.4, 0.5) is 0 Å². The van der Waals surface area contributed by atoms with Crippen LogP contribution in [0.1, 0.15) is 59.3 Å². The van der Waals surface area contributed by atoms with Crippen LogP contribution in [0.5, 0.6) is 0 Å². The summed E-state index contributed by atoms with van der Waals surface area (Å²) in [6.45, 7) is 0.479. The number of hydrogen-bond donors (Lipinski definition) is 0. The normalized spacial score (nSPS) is 21.5. The first kappa shape index (κ1) is 14.2. The molecule has 2 heterocycles. The third kappa shape index (κ3) is 2.69. The molecular weight excluding hydrogens is 290 g/mol. The van der Waals surface area contributed by atoms with E-state index in [1.54, 1.807) is 12.3 Å². The highest BCUT2D eigenvalue weighted by molar-refractivity contribution is 5.97. The van der Waals surface area contributed by atoms with Gasteiger partial charge in [-0.3, -0.25) is 9.59 Å². The molecule has 2 aliphatic rings. The van der Waals surface area contributed by atoms with Gasteiger partial charge in [-0.25, -0.2) is 0 Å². The predicted molar refractivity (Wildman–Crippen MR) is 85.1 cm³/mol. The maximum atomic E-state index is 13.1. The summed E-state index contributed by atoms with van der Waals surface area (Å²) in [6, 6.07) is 11.4. The molecule has 118 valence electrons. The van der Waals surface area contributed by atoms with Crippen LogP contribution in [0, 0.1) is 0 Å². The highest BCUT2D eigenvalue weighted by atomic mass is 16.3. The van der Waals surface area contributed by atoms with Crippen molar-refractivity contribution >= 4 is 11.7 Å². The maximum absolute atomic E-state index is 13.1. The van der Waals surface area contributed by atoms with E-state index >= 15 is 0 Å². The van der Waals surface area contributed by atoms with E-state index in [1.807, 2.05) is 35.2 Å². The van der Waals surface area contributed by atoms with Crippen molar-refractivity contribution in [3.05, 3.63) is 59.5 Å². The van der Waals surface area contributed by atoms with E-state index in [9.17, 15) is 9.59 Å². The molecule has 1 saturated carbocycles. The number of hydrogen-bond acceptors (Lipinski definition) is 3. The van der Waals surface area contributed by atoms with E-state index < -0.39 is 0 Å². The van der Waals surface area contributed by atoms with Crippen molar-refractivity contribution in [2.75, 3.05) is 6.54 Å². The Hall–Kier alpha value is -2.36. The van der Waals surface area contributed by atoms with Crippen molar-refractivity contribution in [3.63, 3.8) is 0 Å². The second-order valence-corrected chi connectivity index (χ2v) is 6.39. The molecule has 0 spiro atoms. The second kappa shape index (κ2) is 5.69. The fourth-order valence-corrected chi connectivity index (χ4v) is 3.36. The molecule has 1 amide bonds. The van der Waals surface area contributed by atoms with Crippen LogP contribution in [0.25, 0.3) is 0 Å². The van der Waals surface area contributed by atoms with Gasteiger partial charge in [-0.15, -0.1) is 0 Å². The van der Waals surface area contributed by atoms with Crippen molar-refractivity contribution in [2.24, 2.45) is 0 Å². The molecule has 1 aromatic heterocycles. The third-order valence-corrected chi connectivity index (χ3v) is 4.75. The monoisotopic (exact) mass is 309 g/mol. The Labute approximate surface area is 135 Å². The van der Waals surface area contributed by atoms with Gasteiger partial charge in [0.05, 0.1) is 17.9 Å². The Morgan fingerprint density at radius 2 is 1.91 bits per heavy atom. The standard InChI is InChI=1S/C19H19NO3/c21-15-8-10-20(17(12-15)13-4-2-1-3-5-13)19(22)16-9-11-23-18(16)14-6-7-14/h1-5,9,11,14,17H,6-8,10,12H2. The van der Waals surface area contributed by atoms with Gasteiger partial charge in [0, 0.05) is 25.3 Å². The zero-order valence-electron chi connectivity index (χ0n) is 12.9. The highest BCUT2D eigenvalue weighted by Crippen LogP contribution is 2.43. The Bertz CT molecular complexity index is 730. The van der Waals surface area contributed by atoms with Crippen molar-refractivity contribution < 1.29 is 14.0 Å². The molecule has 0 N–H and O–H groups in total. The van der Waals surface area contributed by atoms with E-state index in [-0.39, 0.29) is 17.7 Å². The number of carbonyl (C=O) groups is 2. The minimum absolute atomic E-state index is 0.0120. The van der Waals surface area contributed by atoms with Crippen LogP contribution in [0.3, 0.4) is 0 Å². The zero-order chi connectivity index (χ0) is 15.8. The van der Waals surface area contributed by atoms with Crippen molar-refractivity contribution in [1.82, 2.24) is 4.90 Å². The summed E-state index contributed by atoms with van der Waals surface area (Å²) in [5.41, 5.74) is 1.69. The van der Waals surface area contributed by atoms with E-state index in [0.717, 1.165) is 24.2 Å². The number of Topliss-reactive ketones (excluding diaryl/α,β-unsaturated/α-hetero) is 1. The lowest BCUT2D eigenvalue weighted by molar-refractivity contribution is -0.122. The summed E-state index contributed by atoms with van der Waals surface area (Å²) in [5.74, 6) is 1.42. The smallest absolute Gasteiger partial charge is 0.257 e. The molecule has 0 bridgehead atoms. The van der Waals surface area contributed by atoms with Gasteiger partial charge in [0.1, 0.15) is 11.5 Å². The van der Waals surface area contributed by atoms with Gasteiger partial charge in [-0.2, -0.15) is 0 Å². The number of likely N-dealkylation sites (tertiary alicyclic amines) is 1. The molecule has 0 radical (unpaired) electrons. The molecule has 1 aliphatic heterocycles. The number of benzene rings is 1. The predicted octanol–water partition coefficient (Wildman–Crippen LogP) is 3.70. The van der Waals surface area contributed by atoms with Gasteiger partial charge in [-0.1, -0.05) is 30.3 Å². The van der Waals surface area contributed by atoms with E-state index in [1.165, 1.54) is 0 Å². The van der Waals surface area contributed by atoms with Crippen molar-refractivity contribution in [3.8, 4) is 0 Å². The van der Waals surface area contributed by atoms with Crippen molar-refractivity contribution in [2.45, 2.75) is 37.6 Å². The fraction of sp³-hybridized carbons (Fsp3) is 0.368. The Morgan fingerprint density at radius 3 is 2.65 bits per heavy atom. The quantitative estimate of drug-likeness (QED) is 0.868. The number of amides is 1. The van der Waals surface area contributed by atoms with Gasteiger partial charge in [-0.05, 0) is 24.5 Å². The molecule has 1 unspecified atom stereocenters. The molecule has 1 aromatic carbocycles. The van der Waals surface area contributed by atoms with E-state index in [4.69, 9.17) is 4.42 Å². The molecule has 2 fully saturated rings. The molecule has 1 aliphatic carbocycles. The SMILES string of the molecule is O=C1CCN(C(=O)c2ccoc2C2CC2)C(c2ccccc2)C1. The van der Waals surface area contributed by atoms with Gasteiger partial charge >= 0.3 is 0 Å².